The molecular formula is C28H23ClN2O5. The summed E-state index contributed by atoms with van der Waals surface area (Å²) in [6.07, 6.45) is 0.808. The molecule has 7 nitrogen and oxygen atoms in total. The number of nitrogens with zero attached hydrogens (tertiary/aromatic N) is 2. The quantitative estimate of drug-likeness (QED) is 0.255. The van der Waals surface area contributed by atoms with Crippen LogP contribution in [0.1, 0.15) is 36.1 Å². The first kappa shape index (κ1) is 24.8. The number of halogens is 1. The van der Waals surface area contributed by atoms with Gasteiger partial charge in [-0.2, -0.15) is 5.26 Å². The second kappa shape index (κ2) is 10.5. The lowest BCUT2D eigenvalue weighted by molar-refractivity contribution is -0.132. The van der Waals surface area contributed by atoms with Crippen LogP contribution in [0.5, 0.6) is 11.5 Å². The molecule has 1 N–H and O–H groups in total. The van der Waals surface area contributed by atoms with Crippen molar-refractivity contribution in [2.75, 3.05) is 18.6 Å². The number of carbonyl (C=O) groups is 2. The van der Waals surface area contributed by atoms with Crippen LogP contribution in [-0.2, 0) is 9.59 Å². The second-order valence-corrected chi connectivity index (χ2v) is 8.53. The van der Waals surface area contributed by atoms with Crippen molar-refractivity contribution in [2.45, 2.75) is 19.4 Å². The highest BCUT2D eigenvalue weighted by Crippen LogP contribution is 2.44. The molecule has 0 aromatic heterocycles. The number of nitriles is 1. The molecular weight excluding hydrogens is 480 g/mol. The van der Waals surface area contributed by atoms with E-state index in [-0.39, 0.29) is 11.1 Å². The van der Waals surface area contributed by atoms with Gasteiger partial charge in [-0.25, -0.2) is 0 Å². The van der Waals surface area contributed by atoms with Crippen LogP contribution in [0.15, 0.2) is 72.3 Å². The summed E-state index contributed by atoms with van der Waals surface area (Å²) in [4.78, 5) is 28.0. The van der Waals surface area contributed by atoms with Gasteiger partial charge in [-0.05, 0) is 66.6 Å². The van der Waals surface area contributed by atoms with E-state index >= 15 is 0 Å². The number of benzene rings is 3. The molecule has 0 bridgehead atoms. The van der Waals surface area contributed by atoms with Gasteiger partial charge in [0.15, 0.2) is 0 Å². The number of Topliss-reactive ketones (excluding diaryl/α,β-unsaturated/α-hetero) is 1. The molecule has 182 valence electrons. The molecule has 1 saturated heterocycles. The average molecular weight is 503 g/mol. The van der Waals surface area contributed by atoms with E-state index in [1.165, 1.54) is 18.1 Å². The first-order valence-electron chi connectivity index (χ1n) is 11.3. The number of hydrogen-bond acceptors (Lipinski definition) is 6. The maximum atomic E-state index is 13.4. The number of methoxy groups -OCH3 is 1. The van der Waals surface area contributed by atoms with E-state index in [9.17, 15) is 20.0 Å². The van der Waals surface area contributed by atoms with Crippen LogP contribution in [0, 0.1) is 11.3 Å². The summed E-state index contributed by atoms with van der Waals surface area (Å²) in [5.74, 6) is -1.22. The number of anilines is 1. The topological polar surface area (TPSA) is 99.9 Å². The summed E-state index contributed by atoms with van der Waals surface area (Å²) < 4.78 is 11.1. The molecule has 1 aliphatic rings. The van der Waals surface area contributed by atoms with Gasteiger partial charge < -0.3 is 14.6 Å². The van der Waals surface area contributed by atoms with Gasteiger partial charge >= 0.3 is 0 Å². The van der Waals surface area contributed by atoms with Gasteiger partial charge in [-0.1, -0.05) is 30.7 Å². The fraction of sp³-hybridized carbons (Fsp3) is 0.179. The fourth-order valence-electron chi connectivity index (χ4n) is 4.12. The minimum atomic E-state index is -0.966. The van der Waals surface area contributed by atoms with Crippen LogP contribution in [0.3, 0.4) is 0 Å². The Labute approximate surface area is 213 Å². The summed E-state index contributed by atoms with van der Waals surface area (Å²) in [6, 6.07) is 19.1. The number of ether oxygens (including phenoxy) is 2. The maximum absolute atomic E-state index is 13.4. The van der Waals surface area contributed by atoms with Crippen molar-refractivity contribution in [3.63, 3.8) is 0 Å². The Morgan fingerprint density at radius 3 is 2.53 bits per heavy atom. The Kier molecular flexibility index (Phi) is 7.28. The van der Waals surface area contributed by atoms with Crippen molar-refractivity contribution >= 4 is 34.7 Å². The molecule has 1 unspecified atom stereocenters. The third-order valence-corrected chi connectivity index (χ3v) is 6.02. The number of hydrogen-bond donors (Lipinski definition) is 1. The minimum Gasteiger partial charge on any atom is -0.507 e. The highest BCUT2D eigenvalue weighted by molar-refractivity contribution is 6.51. The number of aliphatic hydroxyl groups is 1. The van der Waals surface area contributed by atoms with Crippen LogP contribution >= 0.6 is 11.6 Å². The molecule has 3 aromatic carbocycles. The van der Waals surface area contributed by atoms with Gasteiger partial charge in [0.2, 0.25) is 0 Å². The number of rotatable bonds is 7. The van der Waals surface area contributed by atoms with Crippen molar-refractivity contribution in [3.8, 4) is 17.6 Å². The summed E-state index contributed by atoms with van der Waals surface area (Å²) in [7, 11) is 1.43. The SMILES string of the molecule is CCCOc1cccc(C2/C(=C(\O)c3cc(Cl)ccc3OC)C(=O)C(=O)N2c2ccc(C#N)cc2)c1. The summed E-state index contributed by atoms with van der Waals surface area (Å²) >= 11 is 6.17. The van der Waals surface area contributed by atoms with Crippen molar-refractivity contribution in [1.29, 1.82) is 5.26 Å². The summed E-state index contributed by atoms with van der Waals surface area (Å²) in [5.41, 5.74) is 1.45. The largest absolute Gasteiger partial charge is 0.507 e. The van der Waals surface area contributed by atoms with Crippen molar-refractivity contribution in [3.05, 3.63) is 94.0 Å². The summed E-state index contributed by atoms with van der Waals surface area (Å²) in [5, 5.41) is 20.9. The predicted octanol–water partition coefficient (Wildman–Crippen LogP) is 5.64. The highest BCUT2D eigenvalue weighted by atomic mass is 35.5. The van der Waals surface area contributed by atoms with Crippen LogP contribution in [0.4, 0.5) is 5.69 Å². The van der Waals surface area contributed by atoms with E-state index in [4.69, 9.17) is 21.1 Å². The zero-order valence-corrected chi connectivity index (χ0v) is 20.5. The van der Waals surface area contributed by atoms with Gasteiger partial charge in [-0.3, -0.25) is 14.5 Å². The Balaban J connectivity index is 1.95. The van der Waals surface area contributed by atoms with Gasteiger partial charge in [0, 0.05) is 10.7 Å². The van der Waals surface area contributed by atoms with E-state index < -0.39 is 23.5 Å². The lowest BCUT2D eigenvalue weighted by Gasteiger charge is -2.26. The van der Waals surface area contributed by atoms with E-state index in [2.05, 4.69) is 0 Å². The van der Waals surface area contributed by atoms with E-state index in [0.29, 0.717) is 39.9 Å². The number of amides is 1. The minimum absolute atomic E-state index is 0.113. The van der Waals surface area contributed by atoms with Crippen molar-refractivity contribution in [2.24, 2.45) is 0 Å². The monoisotopic (exact) mass is 502 g/mol. The first-order valence-corrected chi connectivity index (χ1v) is 11.6. The standard InChI is InChI=1S/C28H23ClN2O5/c1-3-13-36-21-6-4-5-18(14-21)25-24(26(32)22-15-19(29)9-12-23(22)35-2)27(33)28(34)31(25)20-10-7-17(16-30)8-11-20/h4-12,14-15,25,32H,3,13H2,1-2H3/b26-24+. The third kappa shape index (κ3) is 4.64. The molecule has 8 heteroatoms. The zero-order valence-electron chi connectivity index (χ0n) is 19.7. The number of aliphatic hydroxyl groups excluding tert-OH is 1. The molecule has 0 aliphatic carbocycles. The van der Waals surface area contributed by atoms with Crippen LogP contribution in [0.2, 0.25) is 5.02 Å². The molecule has 36 heavy (non-hydrogen) atoms. The molecule has 0 radical (unpaired) electrons. The van der Waals surface area contributed by atoms with E-state index in [1.807, 2.05) is 13.0 Å². The van der Waals surface area contributed by atoms with Crippen LogP contribution < -0.4 is 14.4 Å². The third-order valence-electron chi connectivity index (χ3n) is 5.78. The Hall–Kier alpha value is -4.28. The molecule has 1 amide bonds. The lowest BCUT2D eigenvalue weighted by atomic mass is 9.94. The molecule has 3 aromatic rings. The Bertz CT molecular complexity index is 1390. The molecule has 1 aliphatic heterocycles. The highest BCUT2D eigenvalue weighted by Gasteiger charge is 2.47. The molecule has 1 fully saturated rings. The number of carbonyl (C=O) groups excluding carboxylic acids is 2. The fourth-order valence-corrected chi connectivity index (χ4v) is 4.29. The van der Waals surface area contributed by atoms with E-state index in [1.54, 1.807) is 60.7 Å². The second-order valence-electron chi connectivity index (χ2n) is 8.09. The van der Waals surface area contributed by atoms with Gasteiger partial charge in [-0.15, -0.1) is 0 Å². The predicted molar refractivity (Wildman–Crippen MR) is 136 cm³/mol. The smallest absolute Gasteiger partial charge is 0.300 e. The van der Waals surface area contributed by atoms with Gasteiger partial charge in [0.05, 0.1) is 42.5 Å². The van der Waals surface area contributed by atoms with Crippen molar-refractivity contribution < 1.29 is 24.2 Å². The molecule has 1 heterocycles. The lowest BCUT2D eigenvalue weighted by Crippen LogP contribution is -2.29. The molecule has 4 rings (SSSR count). The molecule has 0 saturated carbocycles. The number of ketones is 1. The molecule has 0 spiro atoms. The van der Waals surface area contributed by atoms with Gasteiger partial charge in [0.1, 0.15) is 17.3 Å². The zero-order chi connectivity index (χ0) is 25.8. The van der Waals surface area contributed by atoms with E-state index in [0.717, 1.165) is 6.42 Å². The normalized spacial score (nSPS) is 16.6. The molecule has 1 atom stereocenters. The Morgan fingerprint density at radius 2 is 1.86 bits per heavy atom. The summed E-state index contributed by atoms with van der Waals surface area (Å²) in [6.45, 7) is 2.49. The maximum Gasteiger partial charge on any atom is 0.300 e. The van der Waals surface area contributed by atoms with Crippen LogP contribution in [0.25, 0.3) is 5.76 Å². The van der Waals surface area contributed by atoms with Crippen molar-refractivity contribution in [1.82, 2.24) is 0 Å². The first-order chi connectivity index (χ1) is 17.4. The Morgan fingerprint density at radius 1 is 1.11 bits per heavy atom. The average Bonchev–Trinajstić information content (AvgIpc) is 3.17. The van der Waals surface area contributed by atoms with Crippen LogP contribution in [-0.4, -0.2) is 30.5 Å². The van der Waals surface area contributed by atoms with Gasteiger partial charge in [0.25, 0.3) is 11.7 Å².